The first-order valence-corrected chi connectivity index (χ1v) is 8.98. The van der Waals surface area contributed by atoms with Crippen molar-refractivity contribution >= 4 is 5.91 Å². The first-order valence-electron chi connectivity index (χ1n) is 8.98. The summed E-state index contributed by atoms with van der Waals surface area (Å²) in [4.78, 5) is 27.4. The number of hydrogen-bond donors (Lipinski definition) is 0. The van der Waals surface area contributed by atoms with Crippen LogP contribution in [0, 0.1) is 5.82 Å². The Morgan fingerprint density at radius 1 is 1.04 bits per heavy atom. The summed E-state index contributed by atoms with van der Waals surface area (Å²) in [6.45, 7) is 1.34. The van der Waals surface area contributed by atoms with E-state index in [0.29, 0.717) is 29.9 Å². The van der Waals surface area contributed by atoms with E-state index in [4.69, 9.17) is 4.98 Å². The molecule has 0 bridgehead atoms. The summed E-state index contributed by atoms with van der Waals surface area (Å²) < 4.78 is 13.5. The zero-order chi connectivity index (χ0) is 18.6. The van der Waals surface area contributed by atoms with E-state index in [1.807, 2.05) is 11.0 Å². The Hall–Kier alpha value is -3.15. The van der Waals surface area contributed by atoms with Gasteiger partial charge in [0.25, 0.3) is 5.91 Å². The van der Waals surface area contributed by atoms with Crippen LogP contribution in [0.2, 0.25) is 0 Å². The molecule has 0 N–H and O–H groups in total. The Morgan fingerprint density at radius 3 is 2.63 bits per heavy atom. The Kier molecular flexibility index (Phi) is 4.87. The summed E-state index contributed by atoms with van der Waals surface area (Å²) in [5.74, 6) is -0.0352. The third-order valence-electron chi connectivity index (χ3n) is 4.88. The zero-order valence-electron chi connectivity index (χ0n) is 14.8. The molecule has 3 heterocycles. The molecular weight excluding hydrogens is 343 g/mol. The zero-order valence-corrected chi connectivity index (χ0v) is 14.8. The molecule has 4 rings (SSSR count). The Bertz CT molecular complexity index is 940. The molecule has 1 fully saturated rings. The minimum absolute atomic E-state index is 0.0149. The smallest absolute Gasteiger partial charge is 0.255 e. The second-order valence-corrected chi connectivity index (χ2v) is 6.65. The molecular formula is C21H19FN4O. The van der Waals surface area contributed by atoms with E-state index >= 15 is 0 Å². The average molecular weight is 362 g/mol. The lowest BCUT2D eigenvalue weighted by molar-refractivity contribution is 0.0711. The highest BCUT2D eigenvalue weighted by molar-refractivity contribution is 5.93. The highest BCUT2D eigenvalue weighted by Crippen LogP contribution is 2.28. The van der Waals surface area contributed by atoms with E-state index in [-0.39, 0.29) is 17.6 Å². The lowest BCUT2D eigenvalue weighted by atomic mass is 9.93. The standard InChI is InChI=1S/C21H19FN4O/c22-18-5-1-3-16(11-18)20-14-24-13-19(25-20)15-6-9-26(10-7-15)21(27)17-4-2-8-23-12-17/h1-5,8,11-15H,6-7,9-10H2. The van der Waals surface area contributed by atoms with Gasteiger partial charge in [0.05, 0.1) is 23.1 Å². The molecule has 0 aliphatic carbocycles. The number of likely N-dealkylation sites (tertiary alicyclic amines) is 1. The van der Waals surface area contributed by atoms with Gasteiger partial charge in [-0.15, -0.1) is 0 Å². The van der Waals surface area contributed by atoms with Crippen molar-refractivity contribution in [1.29, 1.82) is 0 Å². The number of carbonyl (C=O) groups is 1. The second-order valence-electron chi connectivity index (χ2n) is 6.65. The van der Waals surface area contributed by atoms with E-state index in [1.54, 1.807) is 43.0 Å². The summed E-state index contributed by atoms with van der Waals surface area (Å²) in [5.41, 5.74) is 2.89. The topological polar surface area (TPSA) is 59.0 Å². The van der Waals surface area contributed by atoms with Gasteiger partial charge in [0.1, 0.15) is 5.82 Å². The number of halogens is 1. The van der Waals surface area contributed by atoms with Gasteiger partial charge in [-0.05, 0) is 37.1 Å². The summed E-state index contributed by atoms with van der Waals surface area (Å²) in [5, 5.41) is 0. The van der Waals surface area contributed by atoms with Gasteiger partial charge in [0.15, 0.2) is 0 Å². The van der Waals surface area contributed by atoms with Crippen molar-refractivity contribution in [3.05, 3.63) is 78.3 Å². The van der Waals surface area contributed by atoms with Crippen molar-refractivity contribution in [2.75, 3.05) is 13.1 Å². The SMILES string of the molecule is O=C(c1cccnc1)N1CCC(c2cncc(-c3cccc(F)c3)n2)CC1. The molecule has 0 saturated carbocycles. The second kappa shape index (κ2) is 7.61. The van der Waals surface area contributed by atoms with Crippen LogP contribution in [0.5, 0.6) is 0 Å². The fourth-order valence-electron chi connectivity index (χ4n) is 3.41. The minimum Gasteiger partial charge on any atom is -0.339 e. The average Bonchev–Trinajstić information content (AvgIpc) is 2.74. The van der Waals surface area contributed by atoms with E-state index in [9.17, 15) is 9.18 Å². The fourth-order valence-corrected chi connectivity index (χ4v) is 3.41. The number of piperidine rings is 1. The summed E-state index contributed by atoms with van der Waals surface area (Å²) in [6, 6.07) is 9.93. The quantitative estimate of drug-likeness (QED) is 0.713. The van der Waals surface area contributed by atoms with E-state index in [2.05, 4.69) is 9.97 Å². The van der Waals surface area contributed by atoms with Crippen LogP contribution in [0.3, 0.4) is 0 Å². The Morgan fingerprint density at radius 2 is 1.89 bits per heavy atom. The number of amides is 1. The molecule has 6 heteroatoms. The lowest BCUT2D eigenvalue weighted by Gasteiger charge is -2.31. The summed E-state index contributed by atoms with van der Waals surface area (Å²) in [6.07, 6.45) is 8.33. The van der Waals surface area contributed by atoms with Gasteiger partial charge in [-0.25, -0.2) is 9.37 Å². The van der Waals surface area contributed by atoms with Gasteiger partial charge in [-0.1, -0.05) is 12.1 Å². The predicted octanol–water partition coefficient (Wildman–Crippen LogP) is 3.70. The van der Waals surface area contributed by atoms with Crippen molar-refractivity contribution in [1.82, 2.24) is 19.9 Å². The number of pyridine rings is 1. The van der Waals surface area contributed by atoms with Crippen LogP contribution < -0.4 is 0 Å². The molecule has 1 saturated heterocycles. The molecule has 27 heavy (non-hydrogen) atoms. The molecule has 5 nitrogen and oxygen atoms in total. The fraction of sp³-hybridized carbons (Fsp3) is 0.238. The lowest BCUT2D eigenvalue weighted by Crippen LogP contribution is -2.38. The largest absolute Gasteiger partial charge is 0.339 e. The molecule has 1 aliphatic rings. The first-order chi connectivity index (χ1) is 13.2. The van der Waals surface area contributed by atoms with Crippen LogP contribution in [0.15, 0.2) is 61.2 Å². The van der Waals surface area contributed by atoms with Crippen molar-refractivity contribution in [2.24, 2.45) is 0 Å². The maximum absolute atomic E-state index is 13.5. The monoisotopic (exact) mass is 362 g/mol. The molecule has 0 atom stereocenters. The number of benzene rings is 1. The molecule has 1 aromatic carbocycles. The molecule has 3 aromatic rings. The number of hydrogen-bond acceptors (Lipinski definition) is 4. The van der Waals surface area contributed by atoms with Gasteiger partial charge in [0.2, 0.25) is 0 Å². The van der Waals surface area contributed by atoms with E-state index < -0.39 is 0 Å². The maximum atomic E-state index is 13.5. The molecule has 0 unspecified atom stereocenters. The van der Waals surface area contributed by atoms with Crippen molar-refractivity contribution in [3.8, 4) is 11.3 Å². The number of nitrogens with zero attached hydrogens (tertiary/aromatic N) is 4. The van der Waals surface area contributed by atoms with Crippen molar-refractivity contribution in [3.63, 3.8) is 0 Å². The third kappa shape index (κ3) is 3.84. The van der Waals surface area contributed by atoms with Crippen LogP contribution in [0.1, 0.15) is 34.8 Å². The van der Waals surface area contributed by atoms with Crippen LogP contribution in [-0.4, -0.2) is 38.8 Å². The number of carbonyl (C=O) groups excluding carboxylic acids is 1. The van der Waals surface area contributed by atoms with Crippen LogP contribution in [0.4, 0.5) is 4.39 Å². The van der Waals surface area contributed by atoms with Crippen LogP contribution in [-0.2, 0) is 0 Å². The number of rotatable bonds is 3. The molecule has 0 spiro atoms. The maximum Gasteiger partial charge on any atom is 0.255 e. The van der Waals surface area contributed by atoms with E-state index in [0.717, 1.165) is 18.5 Å². The Balaban J connectivity index is 1.46. The third-order valence-corrected chi connectivity index (χ3v) is 4.88. The first kappa shape index (κ1) is 17.3. The van der Waals surface area contributed by atoms with Crippen LogP contribution >= 0.6 is 0 Å². The molecule has 1 aliphatic heterocycles. The summed E-state index contributed by atoms with van der Waals surface area (Å²) >= 11 is 0. The van der Waals surface area contributed by atoms with Gasteiger partial charge >= 0.3 is 0 Å². The predicted molar refractivity (Wildman–Crippen MR) is 99.5 cm³/mol. The highest BCUT2D eigenvalue weighted by atomic mass is 19.1. The number of aromatic nitrogens is 3. The Labute approximate surface area is 156 Å². The summed E-state index contributed by atoms with van der Waals surface area (Å²) in [7, 11) is 0. The molecule has 2 aromatic heterocycles. The van der Waals surface area contributed by atoms with Gasteiger partial charge in [-0.2, -0.15) is 0 Å². The molecule has 136 valence electrons. The minimum atomic E-state index is -0.290. The van der Waals surface area contributed by atoms with Gasteiger partial charge in [0, 0.05) is 43.2 Å². The normalized spacial score (nSPS) is 14.9. The molecule has 0 radical (unpaired) electrons. The van der Waals surface area contributed by atoms with E-state index in [1.165, 1.54) is 12.1 Å². The van der Waals surface area contributed by atoms with Crippen molar-refractivity contribution < 1.29 is 9.18 Å². The molecule has 1 amide bonds. The van der Waals surface area contributed by atoms with Gasteiger partial charge in [-0.3, -0.25) is 14.8 Å². The van der Waals surface area contributed by atoms with Crippen LogP contribution in [0.25, 0.3) is 11.3 Å². The van der Waals surface area contributed by atoms with Gasteiger partial charge < -0.3 is 4.90 Å². The highest BCUT2D eigenvalue weighted by Gasteiger charge is 2.25. The van der Waals surface area contributed by atoms with Crippen molar-refractivity contribution in [2.45, 2.75) is 18.8 Å².